The quantitative estimate of drug-likeness (QED) is 0.925. The first-order valence-electron chi connectivity index (χ1n) is 7.61. The normalized spacial score (nSPS) is 21.5. The van der Waals surface area contributed by atoms with Gasteiger partial charge in [-0.05, 0) is 37.1 Å². The number of hydrogen-bond acceptors (Lipinski definition) is 4. The Morgan fingerprint density at radius 3 is 2.29 bits per heavy atom. The van der Waals surface area contributed by atoms with Gasteiger partial charge < -0.3 is 10.1 Å². The fourth-order valence-corrected chi connectivity index (χ4v) is 4.37. The second-order valence-corrected chi connectivity index (χ2v) is 7.60. The van der Waals surface area contributed by atoms with Crippen molar-refractivity contribution in [2.45, 2.75) is 36.6 Å². The summed E-state index contributed by atoms with van der Waals surface area (Å²) in [6.45, 7) is 1.82. The predicted octanol–water partition coefficient (Wildman–Crippen LogP) is 2.06. The Balaban J connectivity index is 1.70. The van der Waals surface area contributed by atoms with E-state index in [1.165, 1.54) is 30.0 Å². The molecule has 0 atom stereocenters. The molecule has 1 heterocycles. The molecule has 2 aliphatic rings. The van der Waals surface area contributed by atoms with Crippen LogP contribution in [-0.2, 0) is 14.8 Å². The van der Waals surface area contributed by atoms with Gasteiger partial charge in [0.2, 0.25) is 10.0 Å². The number of morpholine rings is 1. The summed E-state index contributed by atoms with van der Waals surface area (Å²) in [5.74, 6) is 0. The van der Waals surface area contributed by atoms with E-state index in [4.69, 9.17) is 4.74 Å². The number of hydrogen-bond donors (Lipinski definition) is 1. The first-order chi connectivity index (χ1) is 10.2. The van der Waals surface area contributed by atoms with E-state index in [9.17, 15) is 8.42 Å². The molecule has 0 spiro atoms. The number of anilines is 1. The Kier molecular flexibility index (Phi) is 4.47. The number of ether oxygens (including phenoxy) is 1. The minimum atomic E-state index is -3.38. The zero-order valence-electron chi connectivity index (χ0n) is 12.1. The van der Waals surface area contributed by atoms with Gasteiger partial charge in [0.25, 0.3) is 0 Å². The second kappa shape index (κ2) is 6.34. The Hall–Kier alpha value is -1.11. The summed E-state index contributed by atoms with van der Waals surface area (Å²) in [5, 5.41) is 3.47. The third-order valence-corrected chi connectivity index (χ3v) is 6.10. The molecule has 1 aliphatic carbocycles. The molecule has 116 valence electrons. The highest BCUT2D eigenvalue weighted by Gasteiger charge is 2.26. The molecule has 1 aromatic rings. The molecule has 21 heavy (non-hydrogen) atoms. The van der Waals surface area contributed by atoms with E-state index in [-0.39, 0.29) is 0 Å². The fourth-order valence-electron chi connectivity index (χ4n) is 2.97. The maximum Gasteiger partial charge on any atom is 0.243 e. The van der Waals surface area contributed by atoms with Crippen LogP contribution in [0.1, 0.15) is 25.7 Å². The van der Waals surface area contributed by atoms with Crippen LogP contribution in [0.25, 0.3) is 0 Å². The molecular weight excluding hydrogens is 288 g/mol. The van der Waals surface area contributed by atoms with Crippen molar-refractivity contribution >= 4 is 15.7 Å². The van der Waals surface area contributed by atoms with Gasteiger partial charge in [0, 0.05) is 24.8 Å². The van der Waals surface area contributed by atoms with Crippen molar-refractivity contribution in [2.75, 3.05) is 31.6 Å². The van der Waals surface area contributed by atoms with Crippen LogP contribution in [0.15, 0.2) is 29.2 Å². The smallest absolute Gasteiger partial charge is 0.243 e. The Bertz CT molecular complexity index is 559. The average molecular weight is 310 g/mol. The van der Waals surface area contributed by atoms with Crippen LogP contribution in [0, 0.1) is 0 Å². The minimum Gasteiger partial charge on any atom is -0.382 e. The van der Waals surface area contributed by atoms with Crippen LogP contribution in [0.4, 0.5) is 5.69 Å². The second-order valence-electron chi connectivity index (χ2n) is 5.67. The molecule has 3 rings (SSSR count). The van der Waals surface area contributed by atoms with Crippen LogP contribution in [0.2, 0.25) is 0 Å². The van der Waals surface area contributed by atoms with E-state index in [2.05, 4.69) is 5.32 Å². The van der Waals surface area contributed by atoms with Crippen molar-refractivity contribution in [3.05, 3.63) is 24.3 Å². The van der Waals surface area contributed by atoms with Gasteiger partial charge in [-0.25, -0.2) is 8.42 Å². The molecule has 2 fully saturated rings. The summed E-state index contributed by atoms with van der Waals surface area (Å²) in [4.78, 5) is 0.362. The Morgan fingerprint density at radius 1 is 1.05 bits per heavy atom. The Labute approximate surface area is 126 Å². The molecule has 1 N–H and O–H groups in total. The summed E-state index contributed by atoms with van der Waals surface area (Å²) in [6, 6.07) is 7.66. The third kappa shape index (κ3) is 3.39. The molecule has 0 radical (unpaired) electrons. The van der Waals surface area contributed by atoms with Gasteiger partial charge in [-0.3, -0.25) is 0 Å². The van der Waals surface area contributed by atoms with Crippen LogP contribution < -0.4 is 5.32 Å². The summed E-state index contributed by atoms with van der Waals surface area (Å²) in [6.07, 6.45) is 4.96. The summed E-state index contributed by atoms with van der Waals surface area (Å²) in [5.41, 5.74) is 1.00. The van der Waals surface area contributed by atoms with Gasteiger partial charge in [-0.2, -0.15) is 4.31 Å². The van der Waals surface area contributed by atoms with E-state index in [0.29, 0.717) is 37.2 Å². The molecule has 0 amide bonds. The first-order valence-corrected chi connectivity index (χ1v) is 9.05. The number of nitrogens with zero attached hydrogens (tertiary/aromatic N) is 1. The largest absolute Gasteiger partial charge is 0.382 e. The Morgan fingerprint density at radius 2 is 1.67 bits per heavy atom. The van der Waals surface area contributed by atoms with Crippen LogP contribution in [0.3, 0.4) is 0 Å². The fraction of sp³-hybridized carbons (Fsp3) is 0.600. The zero-order valence-corrected chi connectivity index (χ0v) is 12.9. The lowest BCUT2D eigenvalue weighted by Gasteiger charge is -2.26. The van der Waals surface area contributed by atoms with Gasteiger partial charge in [0.05, 0.1) is 18.1 Å². The van der Waals surface area contributed by atoms with Crippen molar-refractivity contribution in [1.82, 2.24) is 4.31 Å². The van der Waals surface area contributed by atoms with Gasteiger partial charge in [-0.15, -0.1) is 0 Å². The van der Waals surface area contributed by atoms with E-state index >= 15 is 0 Å². The van der Waals surface area contributed by atoms with Gasteiger partial charge >= 0.3 is 0 Å². The van der Waals surface area contributed by atoms with E-state index < -0.39 is 10.0 Å². The first kappa shape index (κ1) is 14.8. The molecule has 0 unspecified atom stereocenters. The number of rotatable bonds is 4. The van der Waals surface area contributed by atoms with Gasteiger partial charge in [0.15, 0.2) is 0 Å². The highest BCUT2D eigenvalue weighted by Crippen LogP contribution is 2.24. The van der Waals surface area contributed by atoms with Crippen LogP contribution >= 0.6 is 0 Å². The zero-order chi connectivity index (χ0) is 14.7. The molecular formula is C15H22N2O3S. The lowest BCUT2D eigenvalue weighted by Crippen LogP contribution is -2.40. The van der Waals surface area contributed by atoms with Crippen LogP contribution in [0.5, 0.6) is 0 Å². The number of sulfonamides is 1. The summed E-state index contributed by atoms with van der Waals surface area (Å²) < 4.78 is 31.7. The highest BCUT2D eigenvalue weighted by molar-refractivity contribution is 7.89. The number of benzene rings is 1. The van der Waals surface area contributed by atoms with E-state index in [1.54, 1.807) is 12.1 Å². The van der Waals surface area contributed by atoms with Gasteiger partial charge in [0.1, 0.15) is 0 Å². The van der Waals surface area contributed by atoms with Crippen LogP contribution in [-0.4, -0.2) is 45.1 Å². The molecule has 1 saturated carbocycles. The molecule has 5 nitrogen and oxygen atoms in total. The molecule has 1 aromatic carbocycles. The molecule has 1 aliphatic heterocycles. The number of nitrogens with one attached hydrogen (secondary N) is 1. The predicted molar refractivity (Wildman–Crippen MR) is 81.9 cm³/mol. The lowest BCUT2D eigenvalue weighted by molar-refractivity contribution is 0.0730. The summed E-state index contributed by atoms with van der Waals surface area (Å²) >= 11 is 0. The third-order valence-electron chi connectivity index (χ3n) is 4.19. The highest BCUT2D eigenvalue weighted by atomic mass is 32.2. The van der Waals surface area contributed by atoms with Crippen molar-refractivity contribution in [2.24, 2.45) is 0 Å². The summed E-state index contributed by atoms with van der Waals surface area (Å²) in [7, 11) is -3.38. The van der Waals surface area contributed by atoms with Crippen molar-refractivity contribution in [1.29, 1.82) is 0 Å². The monoisotopic (exact) mass is 310 g/mol. The van der Waals surface area contributed by atoms with Crippen molar-refractivity contribution < 1.29 is 13.2 Å². The van der Waals surface area contributed by atoms with Crippen molar-refractivity contribution in [3.8, 4) is 0 Å². The molecule has 0 bridgehead atoms. The van der Waals surface area contributed by atoms with Crippen molar-refractivity contribution in [3.63, 3.8) is 0 Å². The van der Waals surface area contributed by atoms with E-state index in [1.807, 2.05) is 12.1 Å². The molecule has 1 saturated heterocycles. The maximum atomic E-state index is 12.5. The minimum absolute atomic E-state index is 0.362. The lowest BCUT2D eigenvalue weighted by atomic mass is 10.2. The molecule has 6 heteroatoms. The maximum absolute atomic E-state index is 12.5. The SMILES string of the molecule is O=S(=O)(c1ccc(NC2CCCC2)cc1)N1CCOCC1. The standard InChI is InChI=1S/C15H22N2O3S/c18-21(19,17-9-11-20-12-10-17)15-7-5-14(6-8-15)16-13-3-1-2-4-13/h5-8,13,16H,1-4,9-12H2. The molecule has 0 aromatic heterocycles. The van der Waals surface area contributed by atoms with E-state index in [0.717, 1.165) is 5.69 Å². The average Bonchev–Trinajstić information content (AvgIpc) is 3.02. The topological polar surface area (TPSA) is 58.6 Å². The van der Waals surface area contributed by atoms with Gasteiger partial charge in [-0.1, -0.05) is 12.8 Å².